The molecule has 4 aromatic rings. The van der Waals surface area contributed by atoms with Gasteiger partial charge in [0.2, 0.25) is 0 Å². The fourth-order valence-corrected chi connectivity index (χ4v) is 3.16. The van der Waals surface area contributed by atoms with Gasteiger partial charge < -0.3 is 0 Å². The van der Waals surface area contributed by atoms with Crippen LogP contribution in [0, 0.1) is 6.92 Å². The van der Waals surface area contributed by atoms with Crippen LogP contribution in [0.25, 0.3) is 17.2 Å². The van der Waals surface area contributed by atoms with E-state index in [1.165, 1.54) is 10.1 Å². The first kappa shape index (κ1) is 17.2. The monoisotopic (exact) mass is 359 g/mol. The van der Waals surface area contributed by atoms with Crippen molar-refractivity contribution < 1.29 is 0 Å². The minimum atomic E-state index is -0.158. The quantitative estimate of drug-likeness (QED) is 0.595. The maximum atomic E-state index is 12.5. The van der Waals surface area contributed by atoms with E-state index in [1.807, 2.05) is 56.4 Å². The third-order valence-corrected chi connectivity index (χ3v) is 4.40. The molecule has 0 unspecified atom stereocenters. The lowest BCUT2D eigenvalue weighted by molar-refractivity contribution is 0.315. The Kier molecular flexibility index (Phi) is 4.56. The predicted octanol–water partition coefficient (Wildman–Crippen LogP) is 3.03. The summed E-state index contributed by atoms with van der Waals surface area (Å²) in [5, 5.41) is 3.04. The number of nitrogens with one attached hydrogen (secondary N) is 1. The zero-order valence-electron chi connectivity index (χ0n) is 15.4. The Labute approximate surface area is 157 Å². The van der Waals surface area contributed by atoms with Crippen LogP contribution in [0.5, 0.6) is 0 Å². The summed E-state index contributed by atoms with van der Waals surface area (Å²) in [7, 11) is 2.01. The second-order valence-electron chi connectivity index (χ2n) is 6.82. The number of rotatable bonds is 5. The number of hydrogen-bond acceptors (Lipinski definition) is 4. The Morgan fingerprint density at radius 1 is 1.00 bits per heavy atom. The topological polar surface area (TPSA) is 66.3 Å². The Morgan fingerprint density at radius 2 is 1.81 bits per heavy atom. The van der Waals surface area contributed by atoms with Gasteiger partial charge in [-0.1, -0.05) is 54.1 Å². The molecule has 0 amide bonds. The Bertz CT molecular complexity index is 1130. The lowest BCUT2D eigenvalue weighted by atomic mass is 10.1. The van der Waals surface area contributed by atoms with E-state index in [-0.39, 0.29) is 5.56 Å². The van der Waals surface area contributed by atoms with Gasteiger partial charge in [-0.05, 0) is 25.6 Å². The molecule has 0 aliphatic carbocycles. The van der Waals surface area contributed by atoms with Crippen molar-refractivity contribution >= 4 is 5.78 Å². The number of fused-ring (bicyclic) bond motifs is 1. The molecule has 2 heterocycles. The highest BCUT2D eigenvalue weighted by molar-refractivity contribution is 5.57. The van der Waals surface area contributed by atoms with Crippen LogP contribution in [0.4, 0.5) is 0 Å². The molecule has 6 heteroatoms. The Balaban J connectivity index is 1.60. The molecule has 0 aliphatic rings. The molecule has 136 valence electrons. The summed E-state index contributed by atoms with van der Waals surface area (Å²) in [6.45, 7) is 3.39. The molecule has 1 N–H and O–H groups in total. The first-order valence-electron chi connectivity index (χ1n) is 8.87. The number of aryl methyl sites for hydroxylation is 1. The van der Waals surface area contributed by atoms with Gasteiger partial charge in [-0.25, -0.2) is 4.98 Å². The van der Waals surface area contributed by atoms with Crippen LogP contribution in [0.2, 0.25) is 0 Å². The number of aromatic nitrogens is 4. The fraction of sp³-hybridized carbons (Fsp3) is 0.190. The van der Waals surface area contributed by atoms with Gasteiger partial charge in [0.15, 0.2) is 5.82 Å². The van der Waals surface area contributed by atoms with Crippen LogP contribution < -0.4 is 5.56 Å². The molecule has 0 aliphatic heterocycles. The molecule has 6 nitrogen and oxygen atoms in total. The first-order valence-corrected chi connectivity index (χ1v) is 8.87. The van der Waals surface area contributed by atoms with Gasteiger partial charge in [0.05, 0.1) is 5.69 Å². The number of H-pyrrole nitrogens is 1. The Hall–Kier alpha value is -3.25. The largest absolute Gasteiger partial charge is 0.296 e. The number of aromatic amines is 1. The van der Waals surface area contributed by atoms with Crippen LogP contribution in [0.1, 0.15) is 16.8 Å². The van der Waals surface area contributed by atoms with E-state index < -0.39 is 0 Å². The average Bonchev–Trinajstić information content (AvgIpc) is 3.07. The number of benzene rings is 2. The van der Waals surface area contributed by atoms with Gasteiger partial charge in [-0.3, -0.25) is 14.8 Å². The fourth-order valence-electron chi connectivity index (χ4n) is 3.16. The van der Waals surface area contributed by atoms with Crippen LogP contribution in [-0.2, 0) is 13.1 Å². The summed E-state index contributed by atoms with van der Waals surface area (Å²) in [5.74, 6) is 1.03. The summed E-state index contributed by atoms with van der Waals surface area (Å²) < 4.78 is 1.39. The highest BCUT2D eigenvalue weighted by atomic mass is 16.1. The third-order valence-electron chi connectivity index (χ3n) is 4.40. The van der Waals surface area contributed by atoms with Gasteiger partial charge in [-0.15, -0.1) is 0 Å². The van der Waals surface area contributed by atoms with E-state index in [1.54, 1.807) is 6.07 Å². The molecule has 0 saturated carbocycles. The molecular formula is C21H21N5O. The maximum Gasteiger partial charge on any atom is 0.274 e. The number of nitrogens with zero attached hydrogens (tertiary/aromatic N) is 4. The standard InChI is InChI=1S/C21H21N5O/c1-15-7-6-10-17(11-15)20-23-21-22-18(12-19(27)26(21)24-20)14-25(2)13-16-8-4-3-5-9-16/h3-12H,13-14H2,1-2H3,(H,22,23,24). The SMILES string of the molecule is Cc1cccc(-c2nc3nc(CN(C)Cc4ccccc4)cc(=O)n3[nH]2)c1. The molecule has 0 bridgehead atoms. The molecule has 0 spiro atoms. The molecule has 4 rings (SSSR count). The first-order chi connectivity index (χ1) is 13.1. The predicted molar refractivity (Wildman–Crippen MR) is 105 cm³/mol. The van der Waals surface area contributed by atoms with E-state index in [0.717, 1.165) is 17.7 Å². The summed E-state index contributed by atoms with van der Waals surface area (Å²) in [4.78, 5) is 23.7. The second kappa shape index (κ2) is 7.17. The van der Waals surface area contributed by atoms with Gasteiger partial charge in [-0.2, -0.15) is 9.50 Å². The normalized spacial score (nSPS) is 11.4. The lowest BCUT2D eigenvalue weighted by Crippen LogP contribution is -2.22. The molecule has 0 fully saturated rings. The summed E-state index contributed by atoms with van der Waals surface area (Å²) >= 11 is 0. The average molecular weight is 359 g/mol. The Morgan fingerprint density at radius 3 is 2.59 bits per heavy atom. The van der Waals surface area contributed by atoms with Crippen molar-refractivity contribution in [3.63, 3.8) is 0 Å². The van der Waals surface area contributed by atoms with Crippen molar-refractivity contribution in [2.45, 2.75) is 20.0 Å². The van der Waals surface area contributed by atoms with Crippen molar-refractivity contribution in [2.24, 2.45) is 0 Å². The van der Waals surface area contributed by atoms with E-state index in [9.17, 15) is 4.79 Å². The molecule has 0 atom stereocenters. The van der Waals surface area contributed by atoms with Crippen molar-refractivity contribution in [1.82, 2.24) is 24.5 Å². The summed E-state index contributed by atoms with van der Waals surface area (Å²) in [6, 6.07) is 19.8. The molecular weight excluding hydrogens is 338 g/mol. The van der Waals surface area contributed by atoms with Crippen molar-refractivity contribution in [2.75, 3.05) is 7.05 Å². The van der Waals surface area contributed by atoms with Crippen molar-refractivity contribution in [1.29, 1.82) is 0 Å². The number of hydrogen-bond donors (Lipinski definition) is 1. The molecule has 27 heavy (non-hydrogen) atoms. The van der Waals surface area contributed by atoms with E-state index >= 15 is 0 Å². The maximum absolute atomic E-state index is 12.5. The van der Waals surface area contributed by atoms with Crippen molar-refractivity contribution in [3.05, 3.63) is 87.8 Å². The summed E-state index contributed by atoms with van der Waals surface area (Å²) in [6.07, 6.45) is 0. The van der Waals surface area contributed by atoms with E-state index in [2.05, 4.69) is 32.1 Å². The lowest BCUT2D eigenvalue weighted by Gasteiger charge is -2.15. The van der Waals surface area contributed by atoms with E-state index in [4.69, 9.17) is 0 Å². The molecule has 0 radical (unpaired) electrons. The van der Waals surface area contributed by atoms with Crippen molar-refractivity contribution in [3.8, 4) is 11.4 Å². The molecule has 2 aromatic heterocycles. The zero-order chi connectivity index (χ0) is 18.8. The van der Waals surface area contributed by atoms with Gasteiger partial charge in [0.25, 0.3) is 11.3 Å². The highest BCUT2D eigenvalue weighted by Gasteiger charge is 2.11. The summed E-state index contributed by atoms with van der Waals surface area (Å²) in [5.41, 5.74) is 3.84. The second-order valence-corrected chi connectivity index (χ2v) is 6.82. The van der Waals surface area contributed by atoms with Crippen LogP contribution in [0.3, 0.4) is 0 Å². The van der Waals surface area contributed by atoms with Gasteiger partial charge in [0, 0.05) is 24.7 Å². The van der Waals surface area contributed by atoms with Crippen LogP contribution >= 0.6 is 0 Å². The van der Waals surface area contributed by atoms with Gasteiger partial charge in [0.1, 0.15) is 0 Å². The third kappa shape index (κ3) is 3.80. The molecule has 0 saturated heterocycles. The minimum Gasteiger partial charge on any atom is -0.296 e. The smallest absolute Gasteiger partial charge is 0.274 e. The highest BCUT2D eigenvalue weighted by Crippen LogP contribution is 2.16. The van der Waals surface area contributed by atoms with Crippen LogP contribution in [0.15, 0.2) is 65.5 Å². The van der Waals surface area contributed by atoms with Crippen LogP contribution in [-0.4, -0.2) is 31.5 Å². The zero-order valence-corrected chi connectivity index (χ0v) is 15.4. The molecule has 2 aromatic carbocycles. The van der Waals surface area contributed by atoms with E-state index in [0.29, 0.717) is 23.8 Å². The van der Waals surface area contributed by atoms with Gasteiger partial charge >= 0.3 is 0 Å². The minimum absolute atomic E-state index is 0.158.